The van der Waals surface area contributed by atoms with Gasteiger partial charge in [-0.1, -0.05) is 6.92 Å². The van der Waals surface area contributed by atoms with Crippen LogP contribution in [-0.2, 0) is 0 Å². The van der Waals surface area contributed by atoms with Crippen LogP contribution in [-0.4, -0.2) is 32.4 Å². The van der Waals surface area contributed by atoms with E-state index in [1.54, 1.807) is 0 Å². The van der Waals surface area contributed by atoms with Gasteiger partial charge < -0.3 is 0 Å². The molecule has 0 spiro atoms. The molecule has 0 aromatic carbocycles. The summed E-state index contributed by atoms with van der Waals surface area (Å²) in [5.41, 5.74) is 0. The van der Waals surface area contributed by atoms with Crippen molar-refractivity contribution < 1.29 is 9.85 Å². The van der Waals surface area contributed by atoms with E-state index in [-0.39, 0.29) is 27.8 Å². The zero-order chi connectivity index (χ0) is 14.7. The molecule has 2 fully saturated rings. The fourth-order valence-corrected chi connectivity index (χ4v) is 5.21. The van der Waals surface area contributed by atoms with Crippen LogP contribution in [0.3, 0.4) is 0 Å². The number of nitrogens with zero attached hydrogens (tertiary/aromatic N) is 2. The van der Waals surface area contributed by atoms with Crippen LogP contribution in [0.5, 0.6) is 0 Å². The quantitative estimate of drug-likeness (QED) is 0.588. The highest BCUT2D eigenvalue weighted by atomic mass is 32.2. The molecule has 0 N–H and O–H groups in total. The van der Waals surface area contributed by atoms with Gasteiger partial charge in [-0.2, -0.15) is 11.8 Å². The minimum absolute atomic E-state index is 0.131. The maximum atomic E-state index is 10.9. The standard InChI is InChI=1S/C13H22N2O4S/c1-9-8-12(6-7-13(9)15(18)19)20-11-4-2-10(3-5-11)14(16)17/h9-13H,2-8H2,1H3/t9-,10?,11?,12+,13-/m1/s1. The highest BCUT2D eigenvalue weighted by molar-refractivity contribution is 8.00. The van der Waals surface area contributed by atoms with E-state index in [0.29, 0.717) is 29.8 Å². The van der Waals surface area contributed by atoms with Gasteiger partial charge >= 0.3 is 0 Å². The molecule has 7 heteroatoms. The Morgan fingerprint density at radius 2 is 1.50 bits per heavy atom. The van der Waals surface area contributed by atoms with Crippen LogP contribution in [0.15, 0.2) is 0 Å². The Morgan fingerprint density at radius 1 is 0.900 bits per heavy atom. The molecule has 0 unspecified atom stereocenters. The van der Waals surface area contributed by atoms with Crippen LogP contribution in [0.25, 0.3) is 0 Å². The van der Waals surface area contributed by atoms with Crippen LogP contribution >= 0.6 is 11.8 Å². The molecule has 114 valence electrons. The molecule has 0 bridgehead atoms. The largest absolute Gasteiger partial charge is 0.264 e. The predicted octanol–water partition coefficient (Wildman–Crippen LogP) is 3.14. The third kappa shape index (κ3) is 3.84. The summed E-state index contributed by atoms with van der Waals surface area (Å²) >= 11 is 1.93. The van der Waals surface area contributed by atoms with Crippen LogP contribution < -0.4 is 0 Å². The Hall–Kier alpha value is -0.850. The summed E-state index contributed by atoms with van der Waals surface area (Å²) in [7, 11) is 0. The van der Waals surface area contributed by atoms with Crippen molar-refractivity contribution in [3.05, 3.63) is 20.2 Å². The minimum Gasteiger partial charge on any atom is -0.264 e. The Balaban J connectivity index is 1.76. The third-order valence-electron chi connectivity index (χ3n) is 4.67. The molecule has 0 radical (unpaired) electrons. The van der Waals surface area contributed by atoms with Gasteiger partial charge in [-0.05, 0) is 25.7 Å². The van der Waals surface area contributed by atoms with Gasteiger partial charge in [0.2, 0.25) is 12.1 Å². The molecule has 0 saturated heterocycles. The molecule has 0 aromatic heterocycles. The summed E-state index contributed by atoms with van der Waals surface area (Å²) in [6.07, 6.45) is 5.70. The summed E-state index contributed by atoms with van der Waals surface area (Å²) in [5.74, 6) is 0.145. The minimum atomic E-state index is -0.378. The Kier molecular flexibility index (Phi) is 5.23. The first-order valence-corrected chi connectivity index (χ1v) is 8.34. The molecule has 0 heterocycles. The molecular weight excluding hydrogens is 280 g/mol. The second kappa shape index (κ2) is 6.74. The number of nitro groups is 2. The Bertz CT molecular complexity index is 371. The smallest absolute Gasteiger partial charge is 0.215 e. The van der Waals surface area contributed by atoms with Gasteiger partial charge in [-0.15, -0.1) is 0 Å². The highest BCUT2D eigenvalue weighted by Gasteiger charge is 2.37. The molecular formula is C13H22N2O4S. The molecule has 6 nitrogen and oxygen atoms in total. The molecule has 0 aromatic rings. The fraction of sp³-hybridized carbons (Fsp3) is 1.00. The summed E-state index contributed by atoms with van der Waals surface area (Å²) in [5, 5.41) is 22.6. The lowest BCUT2D eigenvalue weighted by Gasteiger charge is -2.32. The maximum Gasteiger partial charge on any atom is 0.215 e. The molecule has 2 aliphatic rings. The Morgan fingerprint density at radius 3 is 2.00 bits per heavy atom. The van der Waals surface area contributed by atoms with E-state index in [4.69, 9.17) is 0 Å². The first-order chi connectivity index (χ1) is 9.47. The SMILES string of the molecule is C[C@@H]1C[C@@H](SC2CCC([N+](=O)[O-])CC2)CC[C@H]1[N+](=O)[O-]. The summed E-state index contributed by atoms with van der Waals surface area (Å²) in [6, 6.07) is -0.729. The van der Waals surface area contributed by atoms with Gasteiger partial charge in [0.1, 0.15) is 0 Å². The van der Waals surface area contributed by atoms with E-state index in [1.165, 1.54) is 0 Å². The number of hydrogen-bond donors (Lipinski definition) is 0. The highest BCUT2D eigenvalue weighted by Crippen LogP contribution is 2.39. The average molecular weight is 302 g/mol. The first-order valence-electron chi connectivity index (χ1n) is 7.39. The van der Waals surface area contributed by atoms with Crippen molar-refractivity contribution in [1.82, 2.24) is 0 Å². The van der Waals surface area contributed by atoms with Gasteiger partial charge in [0, 0.05) is 45.5 Å². The van der Waals surface area contributed by atoms with Gasteiger partial charge in [0.05, 0.1) is 0 Å². The first kappa shape index (κ1) is 15.5. The molecule has 2 aliphatic carbocycles. The van der Waals surface area contributed by atoms with Gasteiger partial charge in [0.15, 0.2) is 0 Å². The maximum absolute atomic E-state index is 10.9. The third-order valence-corrected chi connectivity index (χ3v) is 6.34. The van der Waals surface area contributed by atoms with Crippen LogP contribution in [0.2, 0.25) is 0 Å². The molecule has 0 aliphatic heterocycles. The zero-order valence-electron chi connectivity index (χ0n) is 11.8. The lowest BCUT2D eigenvalue weighted by atomic mass is 9.86. The van der Waals surface area contributed by atoms with Crippen molar-refractivity contribution >= 4 is 11.8 Å². The van der Waals surface area contributed by atoms with E-state index in [2.05, 4.69) is 0 Å². The molecule has 0 amide bonds. The molecule has 20 heavy (non-hydrogen) atoms. The van der Waals surface area contributed by atoms with E-state index >= 15 is 0 Å². The molecule has 2 rings (SSSR count). The summed E-state index contributed by atoms with van der Waals surface area (Å²) < 4.78 is 0. The molecule has 3 atom stereocenters. The van der Waals surface area contributed by atoms with Gasteiger partial charge in [-0.25, -0.2) is 0 Å². The van der Waals surface area contributed by atoms with Crippen molar-refractivity contribution in [2.45, 2.75) is 74.5 Å². The lowest BCUT2D eigenvalue weighted by Crippen LogP contribution is -2.35. The van der Waals surface area contributed by atoms with Crippen molar-refractivity contribution in [3.63, 3.8) is 0 Å². The van der Waals surface area contributed by atoms with Crippen molar-refractivity contribution in [3.8, 4) is 0 Å². The van der Waals surface area contributed by atoms with Crippen LogP contribution in [0.1, 0.15) is 51.9 Å². The van der Waals surface area contributed by atoms with Crippen molar-refractivity contribution in [2.24, 2.45) is 5.92 Å². The van der Waals surface area contributed by atoms with E-state index in [1.807, 2.05) is 18.7 Å². The van der Waals surface area contributed by atoms with Crippen LogP contribution in [0, 0.1) is 26.1 Å². The number of hydrogen-bond acceptors (Lipinski definition) is 5. The van der Waals surface area contributed by atoms with E-state index in [9.17, 15) is 20.2 Å². The number of thioether (sulfide) groups is 1. The van der Waals surface area contributed by atoms with Gasteiger partial charge in [0.25, 0.3) is 0 Å². The fourth-order valence-electron chi connectivity index (χ4n) is 3.43. The number of rotatable bonds is 4. The zero-order valence-corrected chi connectivity index (χ0v) is 12.6. The summed E-state index contributed by atoms with van der Waals surface area (Å²) in [6.45, 7) is 1.98. The Labute approximate surface area is 123 Å². The summed E-state index contributed by atoms with van der Waals surface area (Å²) in [4.78, 5) is 21.3. The predicted molar refractivity (Wildman–Crippen MR) is 78.2 cm³/mol. The monoisotopic (exact) mass is 302 g/mol. The molecule has 2 saturated carbocycles. The van der Waals surface area contributed by atoms with Gasteiger partial charge in [-0.3, -0.25) is 20.2 Å². The van der Waals surface area contributed by atoms with E-state index < -0.39 is 0 Å². The average Bonchev–Trinajstić information content (AvgIpc) is 2.39. The lowest BCUT2D eigenvalue weighted by molar-refractivity contribution is -0.534. The van der Waals surface area contributed by atoms with Crippen LogP contribution in [0.4, 0.5) is 0 Å². The second-order valence-corrected chi connectivity index (χ2v) is 7.72. The van der Waals surface area contributed by atoms with Crippen molar-refractivity contribution in [1.29, 1.82) is 0 Å². The normalized spacial score (nSPS) is 38.4. The topological polar surface area (TPSA) is 86.3 Å². The van der Waals surface area contributed by atoms with E-state index in [0.717, 1.165) is 25.7 Å². The van der Waals surface area contributed by atoms with Crippen molar-refractivity contribution in [2.75, 3.05) is 0 Å². The second-order valence-electron chi connectivity index (χ2n) is 6.12.